The molecular formula is C21H24O4. The van der Waals surface area contributed by atoms with Crippen LogP contribution in [0.15, 0.2) is 42.5 Å². The molecule has 0 fully saturated rings. The number of esters is 1. The van der Waals surface area contributed by atoms with Gasteiger partial charge in [0.1, 0.15) is 17.6 Å². The first-order valence-electron chi connectivity index (χ1n) is 8.60. The molecule has 4 heteroatoms. The molecule has 0 aliphatic carbocycles. The van der Waals surface area contributed by atoms with Crippen LogP contribution in [0.25, 0.3) is 0 Å². The molecule has 0 aromatic heterocycles. The predicted octanol–water partition coefficient (Wildman–Crippen LogP) is 4.15. The normalized spacial score (nSPS) is 22.2. The summed E-state index contributed by atoms with van der Waals surface area (Å²) in [6.45, 7) is 7.58. The van der Waals surface area contributed by atoms with Crippen molar-refractivity contribution in [3.8, 4) is 11.5 Å². The molecule has 0 radical (unpaired) electrons. The fourth-order valence-electron chi connectivity index (χ4n) is 3.43. The maximum absolute atomic E-state index is 11.1. The van der Waals surface area contributed by atoms with Crippen molar-refractivity contribution in [1.29, 1.82) is 0 Å². The van der Waals surface area contributed by atoms with E-state index in [1.54, 1.807) is 12.1 Å². The second kappa shape index (κ2) is 6.89. The zero-order chi connectivity index (χ0) is 18.1. The third-order valence-corrected chi connectivity index (χ3v) is 4.63. The number of aryl methyl sites for hydroxylation is 1. The second-order valence-corrected chi connectivity index (χ2v) is 7.00. The van der Waals surface area contributed by atoms with E-state index in [0.29, 0.717) is 5.75 Å². The van der Waals surface area contributed by atoms with Crippen molar-refractivity contribution in [3.63, 3.8) is 0 Å². The van der Waals surface area contributed by atoms with Crippen molar-refractivity contribution in [2.45, 2.75) is 45.8 Å². The number of rotatable bonds is 3. The van der Waals surface area contributed by atoms with Crippen molar-refractivity contribution in [3.05, 3.63) is 59.2 Å². The summed E-state index contributed by atoms with van der Waals surface area (Å²) in [4.78, 5) is 11.1. The molecule has 1 aliphatic rings. The molecule has 1 aliphatic heterocycles. The quantitative estimate of drug-likeness (QED) is 0.673. The van der Waals surface area contributed by atoms with Gasteiger partial charge in [-0.15, -0.1) is 0 Å². The molecule has 3 unspecified atom stereocenters. The first-order valence-corrected chi connectivity index (χ1v) is 8.60. The summed E-state index contributed by atoms with van der Waals surface area (Å²) in [6, 6.07) is 13.2. The molecule has 0 saturated heterocycles. The summed E-state index contributed by atoms with van der Waals surface area (Å²) in [5, 5.41) is 11.0. The number of aliphatic hydroxyl groups excluding tert-OH is 1. The van der Waals surface area contributed by atoms with E-state index in [-0.39, 0.29) is 23.9 Å². The Labute approximate surface area is 148 Å². The van der Waals surface area contributed by atoms with Crippen molar-refractivity contribution in [2.24, 2.45) is 5.92 Å². The maximum Gasteiger partial charge on any atom is 0.308 e. The third kappa shape index (κ3) is 3.54. The van der Waals surface area contributed by atoms with Gasteiger partial charge in [0.15, 0.2) is 0 Å². The lowest BCUT2D eigenvalue weighted by atomic mass is 9.78. The molecule has 25 heavy (non-hydrogen) atoms. The van der Waals surface area contributed by atoms with Crippen LogP contribution in [0.3, 0.4) is 0 Å². The maximum atomic E-state index is 11.1. The zero-order valence-electron chi connectivity index (χ0n) is 15.0. The highest BCUT2D eigenvalue weighted by Gasteiger charge is 2.39. The molecule has 1 N–H and O–H groups in total. The molecule has 3 atom stereocenters. The fraction of sp³-hybridized carbons (Fsp3) is 0.381. The van der Waals surface area contributed by atoms with Crippen LogP contribution in [-0.2, 0) is 4.79 Å². The Morgan fingerprint density at radius 1 is 1.16 bits per heavy atom. The van der Waals surface area contributed by atoms with Crippen molar-refractivity contribution in [1.82, 2.24) is 0 Å². The average molecular weight is 340 g/mol. The Bertz CT molecular complexity index is 764. The lowest BCUT2D eigenvalue weighted by Crippen LogP contribution is -2.38. The third-order valence-electron chi connectivity index (χ3n) is 4.63. The largest absolute Gasteiger partial charge is 0.489 e. The molecule has 132 valence electrons. The van der Waals surface area contributed by atoms with E-state index in [1.807, 2.05) is 37.3 Å². The van der Waals surface area contributed by atoms with E-state index in [0.717, 1.165) is 22.4 Å². The number of hydrogen-bond donors (Lipinski definition) is 1. The van der Waals surface area contributed by atoms with E-state index in [1.165, 1.54) is 6.92 Å². The highest BCUT2D eigenvalue weighted by Crippen LogP contribution is 2.46. The van der Waals surface area contributed by atoms with Gasteiger partial charge in [0.25, 0.3) is 0 Å². The molecule has 3 rings (SSSR count). The number of carbonyl (C=O) groups is 1. The standard InChI is InChI=1S/C21H24O4/c1-12(2)21-19(15-6-8-16(9-7-15)24-14(4)22)20(23)17-10-5-13(3)11-18(17)25-21/h5-12,19-21,23H,1-4H3. The summed E-state index contributed by atoms with van der Waals surface area (Å²) < 4.78 is 11.4. The van der Waals surface area contributed by atoms with E-state index >= 15 is 0 Å². The van der Waals surface area contributed by atoms with Crippen LogP contribution in [0.2, 0.25) is 0 Å². The van der Waals surface area contributed by atoms with E-state index < -0.39 is 6.10 Å². The summed E-state index contributed by atoms with van der Waals surface area (Å²) in [7, 11) is 0. The molecule has 2 aromatic carbocycles. The highest BCUT2D eigenvalue weighted by molar-refractivity contribution is 5.69. The molecule has 1 heterocycles. The van der Waals surface area contributed by atoms with Crippen LogP contribution in [0.4, 0.5) is 0 Å². The summed E-state index contributed by atoms with van der Waals surface area (Å²) >= 11 is 0. The van der Waals surface area contributed by atoms with Crippen LogP contribution in [0.5, 0.6) is 11.5 Å². The number of aliphatic hydroxyl groups is 1. The first kappa shape index (κ1) is 17.5. The molecular weight excluding hydrogens is 316 g/mol. The number of carbonyl (C=O) groups excluding carboxylic acids is 1. The van der Waals surface area contributed by atoms with E-state index in [4.69, 9.17) is 9.47 Å². The van der Waals surface area contributed by atoms with Gasteiger partial charge < -0.3 is 14.6 Å². The minimum absolute atomic E-state index is 0.135. The molecule has 0 saturated carbocycles. The average Bonchev–Trinajstić information content (AvgIpc) is 2.54. The molecule has 0 bridgehead atoms. The Morgan fingerprint density at radius 3 is 2.44 bits per heavy atom. The minimum Gasteiger partial charge on any atom is -0.489 e. The Kier molecular flexibility index (Phi) is 4.82. The highest BCUT2D eigenvalue weighted by atomic mass is 16.5. The van der Waals surface area contributed by atoms with Gasteiger partial charge in [-0.05, 0) is 42.2 Å². The number of ether oxygens (including phenoxy) is 2. The SMILES string of the molecule is CC(=O)Oc1ccc(C2C(O)c3ccc(C)cc3OC2C(C)C)cc1. The molecule has 0 amide bonds. The first-order chi connectivity index (χ1) is 11.9. The zero-order valence-corrected chi connectivity index (χ0v) is 15.0. The van der Waals surface area contributed by atoms with Crippen LogP contribution in [0, 0.1) is 12.8 Å². The van der Waals surface area contributed by atoms with Gasteiger partial charge in [0.05, 0.1) is 12.0 Å². The Hall–Kier alpha value is -2.33. The molecule has 4 nitrogen and oxygen atoms in total. The minimum atomic E-state index is -0.642. The Balaban J connectivity index is 1.97. The predicted molar refractivity (Wildman–Crippen MR) is 95.9 cm³/mol. The number of hydrogen-bond acceptors (Lipinski definition) is 4. The van der Waals surface area contributed by atoms with Crippen molar-refractivity contribution < 1.29 is 19.4 Å². The Morgan fingerprint density at radius 2 is 1.84 bits per heavy atom. The van der Waals surface area contributed by atoms with Gasteiger partial charge in [-0.1, -0.05) is 38.1 Å². The van der Waals surface area contributed by atoms with Crippen LogP contribution < -0.4 is 9.47 Å². The smallest absolute Gasteiger partial charge is 0.308 e. The van der Waals surface area contributed by atoms with Crippen LogP contribution >= 0.6 is 0 Å². The van der Waals surface area contributed by atoms with Gasteiger partial charge in [0, 0.05) is 12.5 Å². The molecule has 0 spiro atoms. The molecule has 2 aromatic rings. The fourth-order valence-corrected chi connectivity index (χ4v) is 3.43. The van der Waals surface area contributed by atoms with Crippen molar-refractivity contribution in [2.75, 3.05) is 0 Å². The summed E-state index contributed by atoms with van der Waals surface area (Å²) in [5.74, 6) is 0.972. The second-order valence-electron chi connectivity index (χ2n) is 7.00. The van der Waals surface area contributed by atoms with Gasteiger partial charge >= 0.3 is 5.97 Å². The lowest BCUT2D eigenvalue weighted by Gasteiger charge is -2.39. The lowest BCUT2D eigenvalue weighted by molar-refractivity contribution is -0.131. The van der Waals surface area contributed by atoms with E-state index in [9.17, 15) is 9.90 Å². The van der Waals surface area contributed by atoms with Gasteiger partial charge in [-0.2, -0.15) is 0 Å². The van der Waals surface area contributed by atoms with Crippen molar-refractivity contribution >= 4 is 5.97 Å². The topological polar surface area (TPSA) is 55.8 Å². The number of benzene rings is 2. The van der Waals surface area contributed by atoms with Crippen LogP contribution in [0.1, 0.15) is 49.5 Å². The summed E-state index contributed by atoms with van der Waals surface area (Å²) in [6.07, 6.45) is -0.778. The van der Waals surface area contributed by atoms with E-state index in [2.05, 4.69) is 13.8 Å². The monoisotopic (exact) mass is 340 g/mol. The van der Waals surface area contributed by atoms with Gasteiger partial charge in [-0.25, -0.2) is 0 Å². The number of fused-ring (bicyclic) bond motifs is 1. The summed E-state index contributed by atoms with van der Waals surface area (Å²) in [5.41, 5.74) is 2.89. The van der Waals surface area contributed by atoms with Gasteiger partial charge in [0.2, 0.25) is 0 Å². The van der Waals surface area contributed by atoms with Gasteiger partial charge in [-0.3, -0.25) is 4.79 Å². The van der Waals surface area contributed by atoms with Crippen LogP contribution in [-0.4, -0.2) is 17.2 Å².